The molecule has 0 spiro atoms. The molecule has 1 unspecified atom stereocenters. The molecule has 3 heteroatoms. The summed E-state index contributed by atoms with van der Waals surface area (Å²) < 4.78 is 5.22. The molecular formula is C9H13NO2. The van der Waals surface area contributed by atoms with Gasteiger partial charge < -0.3 is 10.1 Å². The number of hydrogen-bond acceptors (Lipinski definition) is 3. The van der Waals surface area contributed by atoms with Crippen LogP contribution in [0, 0.1) is 0 Å². The second-order valence-electron chi connectivity index (χ2n) is 3.34. The van der Waals surface area contributed by atoms with Crippen LogP contribution in [0.2, 0.25) is 0 Å². The summed E-state index contributed by atoms with van der Waals surface area (Å²) in [6.07, 6.45) is 4.34. The van der Waals surface area contributed by atoms with Gasteiger partial charge in [0.25, 0.3) is 0 Å². The number of hydrogen-bond donors (Lipinski definition) is 1. The summed E-state index contributed by atoms with van der Waals surface area (Å²) in [6, 6.07) is 0.433. The number of carbonyl (C=O) groups excluding carboxylic acids is 1. The molecule has 3 nitrogen and oxygen atoms in total. The highest BCUT2D eigenvalue weighted by atomic mass is 16.5. The van der Waals surface area contributed by atoms with Gasteiger partial charge in [0.1, 0.15) is 0 Å². The molecule has 0 radical (unpaired) electrons. The molecule has 0 bridgehead atoms. The van der Waals surface area contributed by atoms with Crippen LogP contribution in [0.4, 0.5) is 0 Å². The summed E-state index contributed by atoms with van der Waals surface area (Å²) in [5.41, 5.74) is 1.09. The second kappa shape index (κ2) is 3.27. The van der Waals surface area contributed by atoms with Crippen LogP contribution in [0.3, 0.4) is 0 Å². The largest absolute Gasteiger partial charge is 0.383 e. The quantitative estimate of drug-likeness (QED) is 0.655. The molecule has 1 aliphatic carbocycles. The summed E-state index contributed by atoms with van der Waals surface area (Å²) in [5, 5.41) is 3.32. The summed E-state index contributed by atoms with van der Waals surface area (Å²) in [7, 11) is 0. The molecule has 0 aromatic heterocycles. The first-order valence-electron chi connectivity index (χ1n) is 4.42. The Balaban J connectivity index is 1.86. The molecule has 1 N–H and O–H groups in total. The van der Waals surface area contributed by atoms with Crippen LogP contribution in [-0.2, 0) is 9.53 Å². The minimum absolute atomic E-state index is 0.247. The van der Waals surface area contributed by atoms with E-state index in [-0.39, 0.29) is 5.78 Å². The number of nitrogens with one attached hydrogen (secondary N) is 1. The fourth-order valence-electron chi connectivity index (χ4n) is 1.62. The lowest BCUT2D eigenvalue weighted by Gasteiger charge is -2.11. The average Bonchev–Trinajstić information content (AvgIpc) is 2.63. The monoisotopic (exact) mass is 167 g/mol. The Labute approximate surface area is 71.8 Å². The zero-order chi connectivity index (χ0) is 8.39. The highest BCUT2D eigenvalue weighted by molar-refractivity contribution is 5.92. The summed E-state index contributed by atoms with van der Waals surface area (Å²) in [6.45, 7) is 1.63. The first-order chi connectivity index (χ1) is 5.84. The maximum atomic E-state index is 10.9. The van der Waals surface area contributed by atoms with Crippen molar-refractivity contribution in [2.45, 2.75) is 25.3 Å². The maximum Gasteiger partial charge on any atom is 0.157 e. The van der Waals surface area contributed by atoms with Crippen LogP contribution in [0.15, 0.2) is 11.8 Å². The lowest BCUT2D eigenvalue weighted by atomic mass is 10.2. The third-order valence-electron chi connectivity index (χ3n) is 2.30. The van der Waals surface area contributed by atoms with Crippen LogP contribution in [-0.4, -0.2) is 25.0 Å². The van der Waals surface area contributed by atoms with Crippen molar-refractivity contribution in [3.05, 3.63) is 11.8 Å². The van der Waals surface area contributed by atoms with Crippen LogP contribution >= 0.6 is 0 Å². The third kappa shape index (κ3) is 1.67. The lowest BCUT2D eigenvalue weighted by molar-refractivity contribution is -0.114. The normalized spacial score (nSPS) is 29.2. The van der Waals surface area contributed by atoms with E-state index in [1.165, 1.54) is 0 Å². The zero-order valence-electron chi connectivity index (χ0n) is 7.01. The number of rotatable bonds is 2. The molecule has 1 aliphatic heterocycles. The van der Waals surface area contributed by atoms with E-state index in [0.717, 1.165) is 31.8 Å². The molecular weight excluding hydrogens is 154 g/mol. The molecule has 0 amide bonds. The Morgan fingerprint density at radius 1 is 1.50 bits per heavy atom. The molecule has 1 atom stereocenters. The van der Waals surface area contributed by atoms with E-state index in [0.29, 0.717) is 12.5 Å². The first-order valence-corrected chi connectivity index (χ1v) is 4.42. The number of ether oxygens (including phenoxy) is 1. The van der Waals surface area contributed by atoms with Gasteiger partial charge in [0.15, 0.2) is 5.78 Å². The van der Waals surface area contributed by atoms with Crippen LogP contribution < -0.4 is 5.32 Å². The number of carbonyl (C=O) groups is 1. The molecule has 0 aromatic rings. The molecule has 2 rings (SSSR count). The zero-order valence-corrected chi connectivity index (χ0v) is 7.01. The minimum atomic E-state index is 0.247. The first kappa shape index (κ1) is 7.80. The summed E-state index contributed by atoms with van der Waals surface area (Å²) in [5.74, 6) is 0.247. The number of allylic oxidation sites excluding steroid dienone is 2. The van der Waals surface area contributed by atoms with E-state index < -0.39 is 0 Å². The van der Waals surface area contributed by atoms with Gasteiger partial charge in [-0.3, -0.25) is 4.79 Å². The van der Waals surface area contributed by atoms with E-state index in [4.69, 9.17) is 4.74 Å². The van der Waals surface area contributed by atoms with Crippen molar-refractivity contribution < 1.29 is 9.53 Å². The van der Waals surface area contributed by atoms with Crippen molar-refractivity contribution >= 4 is 5.78 Å². The fourth-order valence-corrected chi connectivity index (χ4v) is 1.62. The van der Waals surface area contributed by atoms with Crippen molar-refractivity contribution in [1.29, 1.82) is 0 Å². The topological polar surface area (TPSA) is 38.3 Å². The molecule has 1 saturated heterocycles. The highest BCUT2D eigenvalue weighted by Gasteiger charge is 2.19. The third-order valence-corrected chi connectivity index (χ3v) is 2.30. The van der Waals surface area contributed by atoms with Crippen molar-refractivity contribution in [3.63, 3.8) is 0 Å². The predicted molar refractivity (Wildman–Crippen MR) is 44.7 cm³/mol. The van der Waals surface area contributed by atoms with Gasteiger partial charge in [0, 0.05) is 24.8 Å². The van der Waals surface area contributed by atoms with Crippen molar-refractivity contribution in [2.75, 3.05) is 13.2 Å². The summed E-state index contributed by atoms with van der Waals surface area (Å²) >= 11 is 0. The van der Waals surface area contributed by atoms with Gasteiger partial charge in [-0.05, 0) is 12.8 Å². The highest BCUT2D eigenvalue weighted by Crippen LogP contribution is 2.14. The maximum absolute atomic E-state index is 10.9. The van der Waals surface area contributed by atoms with Crippen LogP contribution in [0.1, 0.15) is 19.3 Å². The smallest absolute Gasteiger partial charge is 0.157 e. The van der Waals surface area contributed by atoms with E-state index >= 15 is 0 Å². The van der Waals surface area contributed by atoms with E-state index in [9.17, 15) is 4.79 Å². The SMILES string of the molecule is O=C1C=C(NC2CCOC2)CC1. The summed E-state index contributed by atoms with van der Waals surface area (Å²) in [4.78, 5) is 10.9. The Kier molecular flexibility index (Phi) is 2.13. The fraction of sp³-hybridized carbons (Fsp3) is 0.667. The molecule has 0 aromatic carbocycles. The lowest BCUT2D eigenvalue weighted by Crippen LogP contribution is -2.27. The molecule has 1 fully saturated rings. The van der Waals surface area contributed by atoms with Gasteiger partial charge in [-0.2, -0.15) is 0 Å². The Hall–Kier alpha value is -0.830. The standard InChI is InChI=1S/C9H13NO2/c11-9-2-1-7(5-9)10-8-3-4-12-6-8/h5,8,10H,1-4,6H2. The minimum Gasteiger partial charge on any atom is -0.383 e. The van der Waals surface area contributed by atoms with Crippen LogP contribution in [0.25, 0.3) is 0 Å². The van der Waals surface area contributed by atoms with Gasteiger partial charge in [0.2, 0.25) is 0 Å². The van der Waals surface area contributed by atoms with E-state index in [1.54, 1.807) is 6.08 Å². The van der Waals surface area contributed by atoms with Gasteiger partial charge in [0.05, 0.1) is 12.6 Å². The van der Waals surface area contributed by atoms with Crippen molar-refractivity contribution in [1.82, 2.24) is 5.32 Å². The van der Waals surface area contributed by atoms with Gasteiger partial charge >= 0.3 is 0 Å². The average molecular weight is 167 g/mol. The van der Waals surface area contributed by atoms with Gasteiger partial charge in [-0.15, -0.1) is 0 Å². The predicted octanol–water partition coefficient (Wildman–Crippen LogP) is 0.612. The van der Waals surface area contributed by atoms with Crippen LogP contribution in [0.5, 0.6) is 0 Å². The molecule has 2 aliphatic rings. The van der Waals surface area contributed by atoms with Gasteiger partial charge in [-0.25, -0.2) is 0 Å². The number of ketones is 1. The molecule has 1 heterocycles. The molecule has 12 heavy (non-hydrogen) atoms. The van der Waals surface area contributed by atoms with E-state index in [1.807, 2.05) is 0 Å². The Morgan fingerprint density at radius 2 is 2.42 bits per heavy atom. The second-order valence-corrected chi connectivity index (χ2v) is 3.34. The van der Waals surface area contributed by atoms with E-state index in [2.05, 4.69) is 5.32 Å². The molecule has 66 valence electrons. The Bertz CT molecular complexity index is 217. The van der Waals surface area contributed by atoms with Crippen molar-refractivity contribution in [3.8, 4) is 0 Å². The Morgan fingerprint density at radius 3 is 3.00 bits per heavy atom. The molecule has 0 saturated carbocycles. The van der Waals surface area contributed by atoms with Crippen molar-refractivity contribution in [2.24, 2.45) is 0 Å². The van der Waals surface area contributed by atoms with Gasteiger partial charge in [-0.1, -0.05) is 0 Å².